The molecule has 0 spiro atoms. The molecule has 0 saturated heterocycles. The zero-order valence-corrected chi connectivity index (χ0v) is 11.5. The van der Waals surface area contributed by atoms with Crippen LogP contribution in [0.3, 0.4) is 0 Å². The molecule has 0 radical (unpaired) electrons. The first-order chi connectivity index (χ1) is 9.29. The molecule has 0 saturated carbocycles. The normalized spacial score (nSPS) is 11.5. The summed E-state index contributed by atoms with van der Waals surface area (Å²) in [6.07, 6.45) is 0. The SMILES string of the molecule is NS(=O)(=O)c1ccc(OCC(=O)O)c2nc(Cl)ccc12. The molecule has 9 heteroatoms. The standard InChI is InChI=1S/C11H9ClN2O5S/c12-9-4-1-6-8(20(13,17)18)3-2-7(11(6)14-9)19-5-10(15)16/h1-4H,5H2,(H,15,16)(H2,13,17,18). The van der Waals surface area contributed by atoms with Crippen LogP contribution in [0.5, 0.6) is 5.75 Å². The molecule has 0 aliphatic carbocycles. The Bertz CT molecular complexity index is 791. The van der Waals surface area contributed by atoms with E-state index in [4.69, 9.17) is 26.6 Å². The molecule has 1 heterocycles. The number of sulfonamides is 1. The number of hydrogen-bond donors (Lipinski definition) is 2. The van der Waals surface area contributed by atoms with Crippen molar-refractivity contribution < 1.29 is 23.1 Å². The number of nitrogens with zero attached hydrogens (tertiary/aromatic N) is 1. The van der Waals surface area contributed by atoms with Gasteiger partial charge in [-0.3, -0.25) is 0 Å². The minimum absolute atomic E-state index is 0.109. The van der Waals surface area contributed by atoms with E-state index >= 15 is 0 Å². The number of rotatable bonds is 4. The molecule has 0 atom stereocenters. The summed E-state index contributed by atoms with van der Waals surface area (Å²) in [5, 5.41) is 14.0. The molecule has 20 heavy (non-hydrogen) atoms. The third-order valence-corrected chi connectivity index (χ3v) is 3.58. The van der Waals surface area contributed by atoms with Gasteiger partial charge in [0.25, 0.3) is 0 Å². The maximum absolute atomic E-state index is 11.5. The Balaban J connectivity index is 2.68. The van der Waals surface area contributed by atoms with Crippen LogP contribution in [0, 0.1) is 0 Å². The summed E-state index contributed by atoms with van der Waals surface area (Å²) in [6, 6.07) is 5.34. The minimum Gasteiger partial charge on any atom is -0.480 e. The molecule has 1 aromatic carbocycles. The monoisotopic (exact) mass is 316 g/mol. The number of ether oxygens (including phenoxy) is 1. The third-order valence-electron chi connectivity index (χ3n) is 2.40. The van der Waals surface area contributed by atoms with E-state index in [1.807, 2.05) is 0 Å². The van der Waals surface area contributed by atoms with Crippen molar-refractivity contribution in [1.82, 2.24) is 4.98 Å². The second kappa shape index (κ2) is 5.23. The van der Waals surface area contributed by atoms with Crippen molar-refractivity contribution >= 4 is 38.5 Å². The van der Waals surface area contributed by atoms with Gasteiger partial charge in [0.2, 0.25) is 10.0 Å². The van der Waals surface area contributed by atoms with Crippen LogP contribution < -0.4 is 9.88 Å². The number of nitrogens with two attached hydrogens (primary N) is 1. The van der Waals surface area contributed by atoms with E-state index in [-0.39, 0.29) is 26.7 Å². The molecule has 1 aromatic heterocycles. The Morgan fingerprint density at radius 1 is 1.35 bits per heavy atom. The second-order valence-electron chi connectivity index (χ2n) is 3.82. The molecule has 106 valence electrons. The Kier molecular flexibility index (Phi) is 3.80. The van der Waals surface area contributed by atoms with Crippen molar-refractivity contribution in [3.8, 4) is 5.75 Å². The quantitative estimate of drug-likeness (QED) is 0.812. The molecule has 2 aromatic rings. The topological polar surface area (TPSA) is 120 Å². The van der Waals surface area contributed by atoms with Gasteiger partial charge in [0, 0.05) is 5.39 Å². The van der Waals surface area contributed by atoms with Crippen LogP contribution in [0.2, 0.25) is 5.15 Å². The van der Waals surface area contributed by atoms with Gasteiger partial charge in [0.15, 0.2) is 6.61 Å². The summed E-state index contributed by atoms with van der Waals surface area (Å²) in [5.74, 6) is -1.06. The van der Waals surface area contributed by atoms with Crippen molar-refractivity contribution in [3.05, 3.63) is 29.4 Å². The summed E-state index contributed by atoms with van der Waals surface area (Å²) in [5.41, 5.74) is 0.130. The number of aliphatic carboxylic acids is 1. The third kappa shape index (κ3) is 2.98. The highest BCUT2D eigenvalue weighted by Crippen LogP contribution is 2.30. The lowest BCUT2D eigenvalue weighted by atomic mass is 10.2. The number of carboxylic acid groups (broad SMARTS) is 1. The average molecular weight is 317 g/mol. The summed E-state index contributed by atoms with van der Waals surface area (Å²) in [7, 11) is -3.95. The first-order valence-corrected chi connectivity index (χ1v) is 7.18. The lowest BCUT2D eigenvalue weighted by Gasteiger charge is -2.10. The minimum atomic E-state index is -3.95. The second-order valence-corrected chi connectivity index (χ2v) is 5.74. The number of carbonyl (C=O) groups is 1. The molecule has 0 bridgehead atoms. The molecule has 0 aliphatic heterocycles. The van der Waals surface area contributed by atoms with E-state index < -0.39 is 22.6 Å². The fourth-order valence-electron chi connectivity index (χ4n) is 1.65. The fraction of sp³-hybridized carbons (Fsp3) is 0.0909. The maximum Gasteiger partial charge on any atom is 0.341 e. The molecular formula is C11H9ClN2O5S. The van der Waals surface area contributed by atoms with Crippen LogP contribution >= 0.6 is 11.6 Å². The number of halogens is 1. The number of aromatic nitrogens is 1. The first-order valence-electron chi connectivity index (χ1n) is 5.25. The molecule has 2 rings (SSSR count). The van der Waals surface area contributed by atoms with E-state index in [0.717, 1.165) is 0 Å². The van der Waals surface area contributed by atoms with Gasteiger partial charge in [-0.15, -0.1) is 0 Å². The van der Waals surface area contributed by atoms with Gasteiger partial charge < -0.3 is 9.84 Å². The van der Waals surface area contributed by atoms with Gasteiger partial charge in [-0.2, -0.15) is 0 Å². The highest BCUT2D eigenvalue weighted by Gasteiger charge is 2.17. The molecule has 3 N–H and O–H groups in total. The predicted molar refractivity (Wildman–Crippen MR) is 71.3 cm³/mol. The lowest BCUT2D eigenvalue weighted by molar-refractivity contribution is -0.139. The molecule has 0 amide bonds. The van der Waals surface area contributed by atoms with Crippen molar-refractivity contribution in [2.24, 2.45) is 5.14 Å². The van der Waals surface area contributed by atoms with Crippen LogP contribution in [0.15, 0.2) is 29.2 Å². The Morgan fingerprint density at radius 2 is 2.05 bits per heavy atom. The Morgan fingerprint density at radius 3 is 2.65 bits per heavy atom. The van der Waals surface area contributed by atoms with Crippen molar-refractivity contribution in [2.45, 2.75) is 4.90 Å². The summed E-state index contributed by atoms with van der Waals surface area (Å²) in [4.78, 5) is 14.3. The molecule has 0 fully saturated rings. The van der Waals surface area contributed by atoms with E-state index in [1.54, 1.807) is 0 Å². The zero-order valence-electron chi connectivity index (χ0n) is 9.91. The van der Waals surface area contributed by atoms with Crippen LogP contribution in [0.25, 0.3) is 10.9 Å². The number of primary sulfonamides is 1. The predicted octanol–water partition coefficient (Wildman–Crippen LogP) is 0.999. The van der Waals surface area contributed by atoms with Gasteiger partial charge >= 0.3 is 5.97 Å². The van der Waals surface area contributed by atoms with Gasteiger partial charge in [0.05, 0.1) is 4.90 Å². The van der Waals surface area contributed by atoms with E-state index in [2.05, 4.69) is 4.98 Å². The van der Waals surface area contributed by atoms with E-state index in [0.29, 0.717) is 0 Å². The van der Waals surface area contributed by atoms with Crippen LogP contribution in [0.4, 0.5) is 0 Å². The lowest BCUT2D eigenvalue weighted by Crippen LogP contribution is -2.14. The van der Waals surface area contributed by atoms with E-state index in [9.17, 15) is 13.2 Å². The van der Waals surface area contributed by atoms with Crippen LogP contribution in [-0.4, -0.2) is 31.1 Å². The van der Waals surface area contributed by atoms with Crippen molar-refractivity contribution in [3.63, 3.8) is 0 Å². The highest BCUT2D eigenvalue weighted by atomic mass is 35.5. The Labute approximate surface area is 119 Å². The molecule has 7 nitrogen and oxygen atoms in total. The summed E-state index contributed by atoms with van der Waals surface area (Å²) >= 11 is 5.76. The molecular weight excluding hydrogens is 308 g/mol. The number of benzene rings is 1. The highest BCUT2D eigenvalue weighted by molar-refractivity contribution is 7.89. The molecule has 0 aliphatic rings. The number of pyridine rings is 1. The zero-order chi connectivity index (χ0) is 14.9. The van der Waals surface area contributed by atoms with E-state index in [1.165, 1.54) is 24.3 Å². The summed E-state index contributed by atoms with van der Waals surface area (Å²) in [6.45, 7) is -0.585. The van der Waals surface area contributed by atoms with Crippen molar-refractivity contribution in [1.29, 1.82) is 0 Å². The van der Waals surface area contributed by atoms with Crippen molar-refractivity contribution in [2.75, 3.05) is 6.61 Å². The molecule has 0 unspecified atom stereocenters. The largest absolute Gasteiger partial charge is 0.480 e. The van der Waals surface area contributed by atoms with Gasteiger partial charge in [0.1, 0.15) is 16.4 Å². The van der Waals surface area contributed by atoms with Gasteiger partial charge in [-0.1, -0.05) is 11.6 Å². The number of fused-ring (bicyclic) bond motifs is 1. The fourth-order valence-corrected chi connectivity index (χ4v) is 2.52. The number of hydrogen-bond acceptors (Lipinski definition) is 5. The van der Waals surface area contributed by atoms with Gasteiger partial charge in [-0.05, 0) is 24.3 Å². The van der Waals surface area contributed by atoms with Crippen LogP contribution in [0.1, 0.15) is 0 Å². The Hall–Kier alpha value is -1.90. The number of carboxylic acids is 1. The first kappa shape index (κ1) is 14.5. The maximum atomic E-state index is 11.5. The summed E-state index contributed by atoms with van der Waals surface area (Å²) < 4.78 is 28.0. The smallest absolute Gasteiger partial charge is 0.341 e. The average Bonchev–Trinajstić information content (AvgIpc) is 2.34. The van der Waals surface area contributed by atoms with Crippen LogP contribution in [-0.2, 0) is 14.8 Å². The van der Waals surface area contributed by atoms with Gasteiger partial charge in [-0.25, -0.2) is 23.3 Å².